The number of hydrogen-bond donors (Lipinski definition) is 0. The minimum atomic E-state index is -0.564. The van der Waals surface area contributed by atoms with Crippen molar-refractivity contribution in [1.29, 1.82) is 0 Å². The first-order chi connectivity index (χ1) is 8.33. The Hall–Kier alpha value is -1.76. The predicted molar refractivity (Wildman–Crippen MR) is 69.7 cm³/mol. The van der Waals surface area contributed by atoms with Crippen LogP contribution in [0.5, 0.6) is 0 Å². The Morgan fingerprint density at radius 1 is 1.17 bits per heavy atom. The van der Waals surface area contributed by atoms with E-state index in [9.17, 15) is 9.59 Å². The third kappa shape index (κ3) is 3.13. The van der Waals surface area contributed by atoms with Gasteiger partial charge in [0.15, 0.2) is 0 Å². The highest BCUT2D eigenvalue weighted by atomic mass is 16.1. The van der Waals surface area contributed by atoms with Crippen molar-refractivity contribution >= 4 is 12.2 Å². The van der Waals surface area contributed by atoms with Gasteiger partial charge in [-0.15, -0.1) is 0 Å². The molecule has 0 heterocycles. The summed E-state index contributed by atoms with van der Waals surface area (Å²) in [5.74, 6) is 0.0973. The van der Waals surface area contributed by atoms with Crippen LogP contribution < -0.4 is 0 Å². The summed E-state index contributed by atoms with van der Waals surface area (Å²) in [6.45, 7) is 7.53. The van der Waals surface area contributed by atoms with E-state index in [0.29, 0.717) is 6.42 Å². The number of carbonyl (C=O) groups excluding carboxylic acids is 2. The van der Waals surface area contributed by atoms with Gasteiger partial charge in [0.25, 0.3) is 0 Å². The van der Waals surface area contributed by atoms with Gasteiger partial charge in [0.2, 0.25) is 12.2 Å². The van der Waals surface area contributed by atoms with Crippen molar-refractivity contribution in [2.75, 3.05) is 0 Å². The molecular formula is C14H18N2O2. The SMILES string of the molecule is CC(C)(N=C=O)C1=CC=CC(C(C)(C)N=C=O)C1. The van der Waals surface area contributed by atoms with E-state index in [4.69, 9.17) is 0 Å². The molecule has 1 unspecified atom stereocenters. The second-order valence-corrected chi connectivity index (χ2v) is 5.51. The Morgan fingerprint density at radius 3 is 2.33 bits per heavy atom. The summed E-state index contributed by atoms with van der Waals surface area (Å²) in [6.07, 6.45) is 9.84. The van der Waals surface area contributed by atoms with Gasteiger partial charge in [0.1, 0.15) is 0 Å². The lowest BCUT2D eigenvalue weighted by Gasteiger charge is -2.33. The third-order valence-corrected chi connectivity index (χ3v) is 3.43. The Balaban J connectivity index is 2.98. The van der Waals surface area contributed by atoms with Crippen molar-refractivity contribution in [3.63, 3.8) is 0 Å². The van der Waals surface area contributed by atoms with Crippen LogP contribution in [0.1, 0.15) is 34.1 Å². The maximum absolute atomic E-state index is 10.4. The minimum Gasteiger partial charge on any atom is -0.211 e. The van der Waals surface area contributed by atoms with Crippen molar-refractivity contribution in [3.8, 4) is 0 Å². The van der Waals surface area contributed by atoms with E-state index in [1.54, 1.807) is 12.2 Å². The second kappa shape index (κ2) is 5.26. The molecule has 1 aliphatic carbocycles. The van der Waals surface area contributed by atoms with E-state index in [1.165, 1.54) is 0 Å². The summed E-state index contributed by atoms with van der Waals surface area (Å²) in [5, 5.41) is 0. The van der Waals surface area contributed by atoms with Crippen LogP contribution in [0.2, 0.25) is 0 Å². The molecule has 1 rings (SSSR count). The molecule has 0 spiro atoms. The molecule has 96 valence electrons. The van der Waals surface area contributed by atoms with E-state index in [-0.39, 0.29) is 5.92 Å². The first-order valence-electron chi connectivity index (χ1n) is 5.89. The largest absolute Gasteiger partial charge is 0.235 e. The number of rotatable bonds is 4. The van der Waals surface area contributed by atoms with Crippen molar-refractivity contribution in [2.45, 2.75) is 45.2 Å². The van der Waals surface area contributed by atoms with Crippen LogP contribution >= 0.6 is 0 Å². The summed E-state index contributed by atoms with van der Waals surface area (Å²) < 4.78 is 0. The monoisotopic (exact) mass is 246 g/mol. The molecule has 4 heteroatoms. The molecule has 0 N–H and O–H groups in total. The van der Waals surface area contributed by atoms with E-state index < -0.39 is 11.1 Å². The standard InChI is InChI=1S/C14H18N2O2/c1-13(2,15-9-17)11-6-5-7-12(8-11)14(3,4)16-10-18/h5-7,11H,8H2,1-4H3. The van der Waals surface area contributed by atoms with Crippen LogP contribution in [0.25, 0.3) is 0 Å². The highest BCUT2D eigenvalue weighted by Crippen LogP contribution is 2.36. The molecule has 0 amide bonds. The number of allylic oxidation sites excluding steroid dienone is 2. The lowest BCUT2D eigenvalue weighted by molar-refractivity contribution is 0.364. The zero-order chi connectivity index (χ0) is 13.8. The molecule has 1 aliphatic rings. The lowest BCUT2D eigenvalue weighted by atomic mass is 9.76. The molecule has 1 atom stereocenters. The zero-order valence-corrected chi connectivity index (χ0v) is 11.2. The van der Waals surface area contributed by atoms with Crippen LogP contribution in [-0.4, -0.2) is 23.2 Å². The molecule has 4 nitrogen and oxygen atoms in total. The Morgan fingerprint density at radius 2 is 1.78 bits per heavy atom. The number of isocyanates is 2. The third-order valence-electron chi connectivity index (χ3n) is 3.43. The van der Waals surface area contributed by atoms with Gasteiger partial charge in [-0.3, -0.25) is 0 Å². The molecule has 0 aromatic rings. The highest BCUT2D eigenvalue weighted by molar-refractivity contribution is 5.40. The van der Waals surface area contributed by atoms with Crippen LogP contribution in [-0.2, 0) is 9.59 Å². The van der Waals surface area contributed by atoms with Crippen molar-refractivity contribution in [2.24, 2.45) is 15.9 Å². The van der Waals surface area contributed by atoms with E-state index in [2.05, 4.69) is 9.98 Å². The topological polar surface area (TPSA) is 58.9 Å². The van der Waals surface area contributed by atoms with E-state index >= 15 is 0 Å². The van der Waals surface area contributed by atoms with E-state index in [1.807, 2.05) is 45.9 Å². The molecule has 18 heavy (non-hydrogen) atoms. The molecule has 0 saturated heterocycles. The van der Waals surface area contributed by atoms with Gasteiger partial charge in [0, 0.05) is 5.92 Å². The molecule has 0 radical (unpaired) electrons. The zero-order valence-electron chi connectivity index (χ0n) is 11.2. The van der Waals surface area contributed by atoms with Gasteiger partial charge in [-0.1, -0.05) is 18.2 Å². The molecule has 0 fully saturated rings. The van der Waals surface area contributed by atoms with E-state index in [0.717, 1.165) is 5.57 Å². The minimum absolute atomic E-state index is 0.0973. The first-order valence-corrected chi connectivity index (χ1v) is 5.89. The molecule has 0 bridgehead atoms. The van der Waals surface area contributed by atoms with Crippen molar-refractivity contribution < 1.29 is 9.59 Å². The van der Waals surface area contributed by atoms with Gasteiger partial charge in [-0.05, 0) is 39.7 Å². The fourth-order valence-corrected chi connectivity index (χ4v) is 2.00. The van der Waals surface area contributed by atoms with Crippen LogP contribution in [0.3, 0.4) is 0 Å². The average Bonchev–Trinajstić information content (AvgIpc) is 2.29. The fourth-order valence-electron chi connectivity index (χ4n) is 2.00. The van der Waals surface area contributed by atoms with Gasteiger partial charge in [-0.2, -0.15) is 9.98 Å². The molecular weight excluding hydrogens is 228 g/mol. The maximum atomic E-state index is 10.4. The van der Waals surface area contributed by atoms with Crippen LogP contribution in [0.4, 0.5) is 0 Å². The van der Waals surface area contributed by atoms with Gasteiger partial charge < -0.3 is 0 Å². The average molecular weight is 246 g/mol. The first kappa shape index (κ1) is 14.3. The Labute approximate surface area is 107 Å². The highest BCUT2D eigenvalue weighted by Gasteiger charge is 2.33. The summed E-state index contributed by atoms with van der Waals surface area (Å²) in [5.41, 5.74) is -0.0303. The summed E-state index contributed by atoms with van der Waals surface area (Å²) in [7, 11) is 0. The van der Waals surface area contributed by atoms with Gasteiger partial charge in [0.05, 0.1) is 11.1 Å². The van der Waals surface area contributed by atoms with Crippen molar-refractivity contribution in [1.82, 2.24) is 0 Å². The number of hydrogen-bond acceptors (Lipinski definition) is 4. The normalized spacial score (nSPS) is 19.6. The predicted octanol–water partition coefficient (Wildman–Crippen LogP) is 2.72. The lowest BCUT2D eigenvalue weighted by Crippen LogP contribution is -2.32. The Bertz CT molecular complexity index is 474. The van der Waals surface area contributed by atoms with Gasteiger partial charge in [-0.25, -0.2) is 9.59 Å². The molecule has 0 aromatic heterocycles. The summed E-state index contributed by atoms with van der Waals surface area (Å²) in [4.78, 5) is 28.6. The molecule has 0 saturated carbocycles. The fraction of sp³-hybridized carbons (Fsp3) is 0.571. The van der Waals surface area contributed by atoms with Crippen molar-refractivity contribution in [3.05, 3.63) is 23.8 Å². The molecule has 0 aromatic carbocycles. The number of aliphatic imine (C=N–C) groups is 2. The second-order valence-electron chi connectivity index (χ2n) is 5.51. The maximum Gasteiger partial charge on any atom is 0.235 e. The summed E-state index contributed by atoms with van der Waals surface area (Å²) in [6, 6.07) is 0. The van der Waals surface area contributed by atoms with Gasteiger partial charge >= 0.3 is 0 Å². The smallest absolute Gasteiger partial charge is 0.211 e. The Kier molecular flexibility index (Phi) is 4.18. The number of nitrogens with zero attached hydrogens (tertiary/aromatic N) is 2. The quantitative estimate of drug-likeness (QED) is 0.565. The molecule has 0 aliphatic heterocycles. The summed E-state index contributed by atoms with van der Waals surface area (Å²) >= 11 is 0. The van der Waals surface area contributed by atoms with Crippen LogP contribution in [0.15, 0.2) is 33.8 Å². The van der Waals surface area contributed by atoms with Crippen LogP contribution in [0, 0.1) is 5.92 Å².